The number of imide groups is 1. The van der Waals surface area contributed by atoms with Crippen molar-refractivity contribution >= 4 is 17.8 Å². The van der Waals surface area contributed by atoms with Crippen LogP contribution >= 0.6 is 0 Å². The molecule has 1 rings (SSSR count). The molecule has 1 fully saturated rings. The number of ether oxygens (including phenoxy) is 1. The second kappa shape index (κ2) is 7.99. The van der Waals surface area contributed by atoms with Gasteiger partial charge in [-0.15, -0.1) is 0 Å². The molecule has 0 saturated carbocycles. The Morgan fingerprint density at radius 2 is 2.15 bits per heavy atom. The third-order valence-corrected chi connectivity index (χ3v) is 3.47. The van der Waals surface area contributed by atoms with Gasteiger partial charge in [-0.05, 0) is 33.2 Å². The molecule has 1 N–H and O–H groups in total. The maximum absolute atomic E-state index is 12.1. The summed E-state index contributed by atoms with van der Waals surface area (Å²) < 4.78 is 4.82. The number of hydrogen-bond acceptors (Lipinski definition) is 5. The van der Waals surface area contributed by atoms with Crippen LogP contribution in [0.1, 0.15) is 46.5 Å². The van der Waals surface area contributed by atoms with Crippen molar-refractivity contribution in [2.45, 2.75) is 58.5 Å². The summed E-state index contributed by atoms with van der Waals surface area (Å²) in [6, 6.07) is -0.500. The highest BCUT2D eigenvalue weighted by molar-refractivity contribution is 6.05. The zero-order chi connectivity index (χ0) is 15.1. The highest BCUT2D eigenvalue weighted by Crippen LogP contribution is 2.17. The van der Waals surface area contributed by atoms with Gasteiger partial charge in [0.25, 0.3) is 0 Å². The van der Waals surface area contributed by atoms with Crippen LogP contribution in [-0.4, -0.2) is 47.9 Å². The molecule has 6 heteroatoms. The van der Waals surface area contributed by atoms with Gasteiger partial charge < -0.3 is 10.1 Å². The van der Waals surface area contributed by atoms with Crippen LogP contribution < -0.4 is 5.32 Å². The summed E-state index contributed by atoms with van der Waals surface area (Å²) in [5.41, 5.74) is 0. The third-order valence-electron chi connectivity index (χ3n) is 3.47. The van der Waals surface area contributed by atoms with Crippen LogP contribution in [0.2, 0.25) is 0 Å². The summed E-state index contributed by atoms with van der Waals surface area (Å²) in [5, 5.41) is 3.05. The van der Waals surface area contributed by atoms with Gasteiger partial charge in [-0.25, -0.2) is 0 Å². The average Bonchev–Trinajstić information content (AvgIpc) is 2.69. The van der Waals surface area contributed by atoms with Gasteiger partial charge in [0.15, 0.2) is 0 Å². The fraction of sp³-hybridized carbons (Fsp3) is 0.786. The lowest BCUT2D eigenvalue weighted by molar-refractivity contribution is -0.143. The van der Waals surface area contributed by atoms with Crippen molar-refractivity contribution < 1.29 is 19.1 Å². The number of rotatable bonds is 8. The van der Waals surface area contributed by atoms with Gasteiger partial charge in [0.05, 0.1) is 19.1 Å². The number of likely N-dealkylation sites (tertiary alicyclic amines) is 1. The van der Waals surface area contributed by atoms with Gasteiger partial charge in [0.1, 0.15) is 0 Å². The molecule has 1 aliphatic rings. The minimum absolute atomic E-state index is 0.0543. The lowest BCUT2D eigenvalue weighted by atomic mass is 10.2. The molecule has 0 aromatic carbocycles. The van der Waals surface area contributed by atoms with Crippen LogP contribution in [0.4, 0.5) is 0 Å². The number of nitrogens with one attached hydrogen (secondary N) is 1. The molecule has 0 spiro atoms. The van der Waals surface area contributed by atoms with Gasteiger partial charge in [0, 0.05) is 12.5 Å². The maximum Gasteiger partial charge on any atom is 0.305 e. The van der Waals surface area contributed by atoms with Crippen molar-refractivity contribution in [3.63, 3.8) is 0 Å². The lowest BCUT2D eigenvalue weighted by Crippen LogP contribution is -2.42. The normalized spacial score (nSPS) is 20.4. The van der Waals surface area contributed by atoms with Gasteiger partial charge >= 0.3 is 5.97 Å². The van der Waals surface area contributed by atoms with E-state index in [0.717, 1.165) is 6.42 Å². The van der Waals surface area contributed by atoms with Crippen molar-refractivity contribution in [1.29, 1.82) is 0 Å². The standard InChI is InChI=1S/C14H24N2O4/c1-4-10(3)16-12(17)9-11(14(16)19)15-8-6-7-13(18)20-5-2/h10-11,15H,4-9H2,1-3H3. The number of esters is 1. The lowest BCUT2D eigenvalue weighted by Gasteiger charge is -2.21. The van der Waals surface area contributed by atoms with E-state index in [0.29, 0.717) is 26.0 Å². The molecule has 114 valence electrons. The van der Waals surface area contributed by atoms with Gasteiger partial charge in [-0.3, -0.25) is 19.3 Å². The quantitative estimate of drug-likeness (QED) is 0.406. The van der Waals surface area contributed by atoms with E-state index in [4.69, 9.17) is 4.74 Å². The molecule has 0 bridgehead atoms. The van der Waals surface area contributed by atoms with Crippen LogP contribution in [0.3, 0.4) is 0 Å². The van der Waals surface area contributed by atoms with Crippen molar-refractivity contribution in [3.05, 3.63) is 0 Å². The topological polar surface area (TPSA) is 75.7 Å². The predicted molar refractivity (Wildman–Crippen MR) is 73.9 cm³/mol. The first-order valence-corrected chi connectivity index (χ1v) is 7.26. The zero-order valence-electron chi connectivity index (χ0n) is 12.5. The Hall–Kier alpha value is -1.43. The first-order chi connectivity index (χ1) is 9.51. The number of amides is 2. The first kappa shape index (κ1) is 16.6. The minimum atomic E-state index is -0.446. The Kier molecular flexibility index (Phi) is 6.64. The van der Waals surface area contributed by atoms with Crippen LogP contribution in [0.15, 0.2) is 0 Å². The molecule has 1 saturated heterocycles. The van der Waals surface area contributed by atoms with Crippen molar-refractivity contribution in [2.75, 3.05) is 13.2 Å². The summed E-state index contributed by atoms with van der Waals surface area (Å²) in [6.45, 7) is 6.50. The molecule has 0 aliphatic carbocycles. The van der Waals surface area contributed by atoms with Crippen LogP contribution in [-0.2, 0) is 19.1 Å². The fourth-order valence-corrected chi connectivity index (χ4v) is 2.20. The Bertz CT molecular complexity index is 370. The molecule has 0 aromatic rings. The van der Waals surface area contributed by atoms with E-state index in [9.17, 15) is 14.4 Å². The van der Waals surface area contributed by atoms with E-state index in [1.807, 2.05) is 13.8 Å². The molecule has 1 heterocycles. The summed E-state index contributed by atoms with van der Waals surface area (Å²) >= 11 is 0. The molecule has 0 radical (unpaired) electrons. The third kappa shape index (κ3) is 4.30. The largest absolute Gasteiger partial charge is 0.466 e. The van der Waals surface area contributed by atoms with Gasteiger partial charge in [-0.2, -0.15) is 0 Å². The van der Waals surface area contributed by atoms with Crippen LogP contribution in [0, 0.1) is 0 Å². The minimum Gasteiger partial charge on any atom is -0.466 e. The average molecular weight is 284 g/mol. The van der Waals surface area contributed by atoms with E-state index in [1.54, 1.807) is 6.92 Å². The molecule has 6 nitrogen and oxygen atoms in total. The molecule has 2 unspecified atom stereocenters. The second-order valence-electron chi connectivity index (χ2n) is 4.98. The molecule has 1 aliphatic heterocycles. The molecule has 2 amide bonds. The molecule has 20 heavy (non-hydrogen) atoms. The fourth-order valence-electron chi connectivity index (χ4n) is 2.20. The Labute approximate surface area is 119 Å². The van der Waals surface area contributed by atoms with Crippen molar-refractivity contribution in [3.8, 4) is 0 Å². The number of carbonyl (C=O) groups is 3. The summed E-state index contributed by atoms with van der Waals surface area (Å²) in [7, 11) is 0. The Morgan fingerprint density at radius 1 is 1.45 bits per heavy atom. The van der Waals surface area contributed by atoms with Gasteiger partial charge in [0.2, 0.25) is 11.8 Å². The molecular formula is C14H24N2O4. The second-order valence-corrected chi connectivity index (χ2v) is 4.98. The molecule has 0 aromatic heterocycles. The van der Waals surface area contributed by atoms with Crippen LogP contribution in [0.25, 0.3) is 0 Å². The highest BCUT2D eigenvalue weighted by Gasteiger charge is 2.40. The summed E-state index contributed by atoms with van der Waals surface area (Å²) in [5.74, 6) is -0.503. The predicted octanol–water partition coefficient (Wildman–Crippen LogP) is 0.845. The van der Waals surface area contributed by atoms with E-state index in [-0.39, 0.29) is 30.2 Å². The van der Waals surface area contributed by atoms with E-state index < -0.39 is 6.04 Å². The van der Waals surface area contributed by atoms with E-state index in [1.165, 1.54) is 4.90 Å². The highest BCUT2D eigenvalue weighted by atomic mass is 16.5. The molecular weight excluding hydrogens is 260 g/mol. The SMILES string of the molecule is CCOC(=O)CCCNC1CC(=O)N(C(C)CC)C1=O. The summed E-state index contributed by atoms with van der Waals surface area (Å²) in [4.78, 5) is 36.4. The van der Waals surface area contributed by atoms with Crippen LogP contribution in [0.5, 0.6) is 0 Å². The summed E-state index contributed by atoms with van der Waals surface area (Å²) in [6.07, 6.45) is 1.89. The molecule has 2 atom stereocenters. The smallest absolute Gasteiger partial charge is 0.305 e. The number of hydrogen-bond donors (Lipinski definition) is 1. The maximum atomic E-state index is 12.1. The zero-order valence-corrected chi connectivity index (χ0v) is 12.5. The monoisotopic (exact) mass is 284 g/mol. The number of carbonyl (C=O) groups excluding carboxylic acids is 3. The Morgan fingerprint density at radius 3 is 2.75 bits per heavy atom. The first-order valence-electron chi connectivity index (χ1n) is 7.26. The van der Waals surface area contributed by atoms with Crippen molar-refractivity contribution in [1.82, 2.24) is 10.2 Å². The van der Waals surface area contributed by atoms with Crippen molar-refractivity contribution in [2.24, 2.45) is 0 Å². The Balaban J connectivity index is 2.34. The van der Waals surface area contributed by atoms with Gasteiger partial charge in [-0.1, -0.05) is 6.92 Å². The number of nitrogens with zero attached hydrogens (tertiary/aromatic N) is 1. The van der Waals surface area contributed by atoms with E-state index in [2.05, 4.69) is 5.32 Å². The van der Waals surface area contributed by atoms with E-state index >= 15 is 0 Å².